The first-order valence-electron chi connectivity index (χ1n) is 7.97. The Balaban J connectivity index is 1.79. The number of nitrogens with zero attached hydrogens (tertiary/aromatic N) is 1. The second kappa shape index (κ2) is 9.52. The number of amides is 1. The van der Waals surface area contributed by atoms with E-state index in [9.17, 15) is 4.79 Å². The predicted molar refractivity (Wildman–Crippen MR) is 96.6 cm³/mol. The molecule has 1 fully saturated rings. The number of benzene rings is 1. The fraction of sp³-hybridized carbons (Fsp3) is 0.588. The summed E-state index contributed by atoms with van der Waals surface area (Å²) in [4.78, 5) is 15.8. The zero-order valence-corrected chi connectivity index (χ0v) is 15.4. The van der Waals surface area contributed by atoms with Crippen LogP contribution in [0.5, 0.6) is 0 Å². The number of methoxy groups -OCH3 is 1. The molecule has 1 aromatic rings. The van der Waals surface area contributed by atoms with Crippen LogP contribution in [-0.4, -0.2) is 57.0 Å². The highest BCUT2D eigenvalue weighted by Crippen LogP contribution is 2.23. The molecule has 0 atom stereocenters. The summed E-state index contributed by atoms with van der Waals surface area (Å²) in [5.74, 6) is 0.466. The van der Waals surface area contributed by atoms with Gasteiger partial charge in [0.2, 0.25) is 0 Å². The van der Waals surface area contributed by atoms with Gasteiger partial charge < -0.3 is 15.0 Å². The number of ether oxygens (including phenoxy) is 1. The lowest BCUT2D eigenvalue weighted by atomic mass is 9.96. The molecule has 0 saturated carbocycles. The number of hydrogen-bond donors (Lipinski definition) is 1. The van der Waals surface area contributed by atoms with Gasteiger partial charge >= 0.3 is 0 Å². The molecule has 1 N–H and O–H groups in total. The predicted octanol–water partition coefficient (Wildman–Crippen LogP) is 3.15. The van der Waals surface area contributed by atoms with Crippen molar-refractivity contribution in [3.8, 4) is 0 Å². The van der Waals surface area contributed by atoms with Crippen molar-refractivity contribution in [2.75, 3.05) is 46.2 Å². The Morgan fingerprint density at radius 2 is 2.17 bits per heavy atom. The molecule has 0 aromatic heterocycles. The van der Waals surface area contributed by atoms with Gasteiger partial charge in [-0.1, -0.05) is 11.6 Å². The van der Waals surface area contributed by atoms with Crippen LogP contribution in [0.2, 0.25) is 5.02 Å². The van der Waals surface area contributed by atoms with E-state index in [0.29, 0.717) is 16.5 Å². The maximum atomic E-state index is 12.4. The van der Waals surface area contributed by atoms with Crippen LogP contribution < -0.4 is 5.32 Å². The summed E-state index contributed by atoms with van der Waals surface area (Å²) in [7, 11) is 1.74. The Hall–Kier alpha value is -0.750. The van der Waals surface area contributed by atoms with Gasteiger partial charge in [0.25, 0.3) is 5.91 Å². The molecule has 0 aliphatic carbocycles. The van der Waals surface area contributed by atoms with E-state index in [1.54, 1.807) is 24.9 Å². The molecule has 1 aliphatic heterocycles. The maximum absolute atomic E-state index is 12.4. The van der Waals surface area contributed by atoms with Gasteiger partial charge in [-0.3, -0.25) is 4.79 Å². The van der Waals surface area contributed by atoms with Gasteiger partial charge in [0.15, 0.2) is 0 Å². The summed E-state index contributed by atoms with van der Waals surface area (Å²) in [5.41, 5.74) is 0.566. The molecule has 1 saturated heterocycles. The Bertz CT molecular complexity index is 519. The third-order valence-electron chi connectivity index (χ3n) is 4.29. The van der Waals surface area contributed by atoms with Crippen LogP contribution in [0.25, 0.3) is 0 Å². The van der Waals surface area contributed by atoms with Crippen LogP contribution in [0.4, 0.5) is 0 Å². The van der Waals surface area contributed by atoms with E-state index >= 15 is 0 Å². The Labute approximate surface area is 147 Å². The minimum Gasteiger partial charge on any atom is -0.383 e. The van der Waals surface area contributed by atoms with Gasteiger partial charge in [-0.25, -0.2) is 0 Å². The zero-order chi connectivity index (χ0) is 16.7. The number of carbonyl (C=O) groups excluding carboxylic acids is 1. The number of rotatable bonds is 7. The molecule has 0 unspecified atom stereocenters. The normalized spacial score (nSPS) is 16.5. The van der Waals surface area contributed by atoms with Gasteiger partial charge in [0, 0.05) is 25.1 Å². The average Bonchev–Trinajstić information content (AvgIpc) is 2.59. The third kappa shape index (κ3) is 5.68. The second-order valence-corrected chi connectivity index (χ2v) is 7.12. The van der Waals surface area contributed by atoms with Gasteiger partial charge in [-0.2, -0.15) is 0 Å². The van der Waals surface area contributed by atoms with E-state index in [-0.39, 0.29) is 5.91 Å². The van der Waals surface area contributed by atoms with E-state index in [1.165, 1.54) is 0 Å². The number of thioether (sulfide) groups is 1. The summed E-state index contributed by atoms with van der Waals surface area (Å²) in [6, 6.07) is 5.58. The Morgan fingerprint density at radius 3 is 2.83 bits per heavy atom. The quantitative estimate of drug-likeness (QED) is 0.762. The van der Waals surface area contributed by atoms with Crippen molar-refractivity contribution in [1.82, 2.24) is 10.2 Å². The molecule has 0 bridgehead atoms. The molecular weight excluding hydrogens is 332 g/mol. The van der Waals surface area contributed by atoms with Crippen molar-refractivity contribution in [1.29, 1.82) is 0 Å². The number of likely N-dealkylation sites (tertiary alicyclic amines) is 1. The lowest BCUT2D eigenvalue weighted by molar-refractivity contribution is 0.0926. The number of hydrogen-bond acceptors (Lipinski definition) is 4. The van der Waals surface area contributed by atoms with E-state index < -0.39 is 0 Å². The van der Waals surface area contributed by atoms with Crippen molar-refractivity contribution >= 4 is 29.3 Å². The van der Waals surface area contributed by atoms with Gasteiger partial charge in [-0.05, 0) is 56.3 Å². The molecule has 2 rings (SSSR count). The van der Waals surface area contributed by atoms with Gasteiger partial charge in [-0.15, -0.1) is 11.8 Å². The lowest BCUT2D eigenvalue weighted by Gasteiger charge is -2.31. The molecule has 4 nitrogen and oxygen atoms in total. The van der Waals surface area contributed by atoms with Gasteiger partial charge in [0.05, 0.1) is 17.2 Å². The molecular formula is C17H25ClN2O2S. The van der Waals surface area contributed by atoms with E-state index in [2.05, 4.69) is 10.2 Å². The van der Waals surface area contributed by atoms with Crippen LogP contribution in [0.3, 0.4) is 0 Å². The van der Waals surface area contributed by atoms with Crippen LogP contribution in [0, 0.1) is 5.92 Å². The molecule has 0 spiro atoms. The first-order valence-corrected chi connectivity index (χ1v) is 9.57. The molecule has 1 heterocycles. The smallest absolute Gasteiger partial charge is 0.252 e. The van der Waals surface area contributed by atoms with E-state index in [4.69, 9.17) is 16.3 Å². The number of piperidine rings is 1. The standard InChI is InChI=1S/C17H25ClN2O2S/c1-22-10-9-20-7-5-13(6-8-20)12-19-17(21)15-11-14(23-2)3-4-16(15)18/h3-4,11,13H,5-10,12H2,1-2H3,(H,19,21). The highest BCUT2D eigenvalue weighted by Gasteiger charge is 2.20. The molecule has 128 valence electrons. The molecule has 23 heavy (non-hydrogen) atoms. The Morgan fingerprint density at radius 1 is 1.43 bits per heavy atom. The highest BCUT2D eigenvalue weighted by molar-refractivity contribution is 7.98. The number of halogens is 1. The SMILES string of the molecule is COCCN1CCC(CNC(=O)c2cc(SC)ccc2Cl)CC1. The minimum atomic E-state index is -0.0762. The highest BCUT2D eigenvalue weighted by atomic mass is 35.5. The minimum absolute atomic E-state index is 0.0762. The number of carbonyl (C=O) groups is 1. The number of nitrogens with one attached hydrogen (secondary N) is 1. The van der Waals surface area contributed by atoms with Crippen molar-refractivity contribution in [3.05, 3.63) is 28.8 Å². The summed E-state index contributed by atoms with van der Waals surface area (Å²) in [5, 5.41) is 3.55. The monoisotopic (exact) mass is 356 g/mol. The van der Waals surface area contributed by atoms with Crippen molar-refractivity contribution < 1.29 is 9.53 Å². The largest absolute Gasteiger partial charge is 0.383 e. The van der Waals surface area contributed by atoms with Crippen LogP contribution in [-0.2, 0) is 4.74 Å². The fourth-order valence-electron chi connectivity index (χ4n) is 2.77. The maximum Gasteiger partial charge on any atom is 0.252 e. The third-order valence-corrected chi connectivity index (χ3v) is 5.34. The first-order chi connectivity index (χ1) is 11.1. The first kappa shape index (κ1) is 18.6. The summed E-state index contributed by atoms with van der Waals surface area (Å²) < 4.78 is 5.12. The molecule has 0 radical (unpaired) electrons. The summed E-state index contributed by atoms with van der Waals surface area (Å²) >= 11 is 7.76. The fourth-order valence-corrected chi connectivity index (χ4v) is 3.42. The lowest BCUT2D eigenvalue weighted by Crippen LogP contribution is -2.39. The molecule has 1 aliphatic rings. The van der Waals surface area contributed by atoms with Crippen molar-refractivity contribution in [2.24, 2.45) is 5.92 Å². The van der Waals surface area contributed by atoms with E-state index in [1.807, 2.05) is 18.4 Å². The topological polar surface area (TPSA) is 41.6 Å². The average molecular weight is 357 g/mol. The summed E-state index contributed by atoms with van der Waals surface area (Å²) in [6.07, 6.45) is 4.22. The van der Waals surface area contributed by atoms with Crippen molar-refractivity contribution in [3.63, 3.8) is 0 Å². The molecule has 1 amide bonds. The summed E-state index contributed by atoms with van der Waals surface area (Å²) in [6.45, 7) is 4.65. The zero-order valence-electron chi connectivity index (χ0n) is 13.8. The van der Waals surface area contributed by atoms with Crippen molar-refractivity contribution in [2.45, 2.75) is 17.7 Å². The Kier molecular flexibility index (Phi) is 7.70. The van der Waals surface area contributed by atoms with E-state index in [0.717, 1.165) is 50.5 Å². The molecule has 1 aromatic carbocycles. The van der Waals surface area contributed by atoms with Crippen LogP contribution in [0.15, 0.2) is 23.1 Å². The van der Waals surface area contributed by atoms with Crippen LogP contribution in [0.1, 0.15) is 23.2 Å². The van der Waals surface area contributed by atoms with Gasteiger partial charge in [0.1, 0.15) is 0 Å². The van der Waals surface area contributed by atoms with Crippen LogP contribution >= 0.6 is 23.4 Å². The second-order valence-electron chi connectivity index (χ2n) is 5.83. The molecule has 6 heteroatoms.